The Morgan fingerprint density at radius 2 is 2.21 bits per heavy atom. The maximum absolute atomic E-state index is 5.46. The van der Waals surface area contributed by atoms with Crippen LogP contribution in [0, 0.1) is 12.3 Å². The van der Waals surface area contributed by atoms with Crippen molar-refractivity contribution in [1.82, 2.24) is 15.6 Å². The zero-order valence-corrected chi connectivity index (χ0v) is 14.3. The molecule has 0 radical (unpaired) electrons. The van der Waals surface area contributed by atoms with Crippen molar-refractivity contribution < 1.29 is 9.47 Å². The number of nitrogens with one attached hydrogen (secondary N) is 2. The number of terminal acetylenes is 1. The Hall–Kier alpha value is -2.14. The summed E-state index contributed by atoms with van der Waals surface area (Å²) in [6, 6.07) is 7.53. The van der Waals surface area contributed by atoms with Crippen LogP contribution in [0.4, 0.5) is 0 Å². The number of morpholine rings is 1. The van der Waals surface area contributed by atoms with Crippen LogP contribution in [0.1, 0.15) is 5.56 Å². The summed E-state index contributed by atoms with van der Waals surface area (Å²) in [6.07, 6.45) is 6.86. The van der Waals surface area contributed by atoms with Crippen LogP contribution in [0.15, 0.2) is 29.4 Å². The Labute approximate surface area is 148 Å². The summed E-state index contributed by atoms with van der Waals surface area (Å²) in [5, 5.41) is 7.75. The van der Waals surface area contributed by atoms with Crippen molar-refractivity contribution in [3.8, 4) is 18.1 Å². The van der Waals surface area contributed by atoms with E-state index >= 15 is 0 Å². The molecule has 1 aliphatic rings. The van der Waals surface area contributed by atoms with E-state index in [1.807, 2.05) is 24.3 Å². The van der Waals surface area contributed by atoms with E-state index < -0.39 is 0 Å². The van der Waals surface area contributed by atoms with Crippen LogP contribution in [0.2, 0.25) is 0 Å². The van der Waals surface area contributed by atoms with E-state index in [2.05, 4.69) is 26.7 Å². The van der Waals surface area contributed by atoms with Crippen LogP contribution in [0.5, 0.6) is 5.75 Å². The van der Waals surface area contributed by atoms with Crippen molar-refractivity contribution in [2.45, 2.75) is 0 Å². The monoisotopic (exact) mass is 346 g/mol. The van der Waals surface area contributed by atoms with Crippen molar-refractivity contribution in [3.63, 3.8) is 0 Å². The van der Waals surface area contributed by atoms with Gasteiger partial charge in [-0.05, 0) is 24.4 Å². The molecule has 128 valence electrons. The zero-order valence-electron chi connectivity index (χ0n) is 13.5. The molecule has 0 aromatic heterocycles. The van der Waals surface area contributed by atoms with Crippen LogP contribution < -0.4 is 15.5 Å². The first-order chi connectivity index (χ1) is 11.8. The highest BCUT2D eigenvalue weighted by Crippen LogP contribution is 2.15. The molecule has 0 aliphatic carbocycles. The first-order valence-corrected chi connectivity index (χ1v) is 8.22. The van der Waals surface area contributed by atoms with Gasteiger partial charge in [0.05, 0.1) is 19.4 Å². The minimum atomic E-state index is 0.222. The van der Waals surface area contributed by atoms with Gasteiger partial charge in [-0.3, -0.25) is 10.3 Å². The summed E-state index contributed by atoms with van der Waals surface area (Å²) in [6.45, 7) is 5.45. The van der Waals surface area contributed by atoms with Gasteiger partial charge in [0.1, 0.15) is 12.4 Å². The molecule has 2 N–H and O–H groups in total. The second-order valence-electron chi connectivity index (χ2n) is 5.11. The van der Waals surface area contributed by atoms with Crippen LogP contribution in [-0.4, -0.2) is 62.2 Å². The summed E-state index contributed by atoms with van der Waals surface area (Å²) in [5.74, 6) is 3.13. The number of nitrogens with zero attached hydrogens (tertiary/aromatic N) is 2. The Morgan fingerprint density at radius 1 is 1.42 bits per heavy atom. The number of rotatable bonds is 7. The molecule has 6 nitrogen and oxygen atoms in total. The molecule has 1 fully saturated rings. The standard InChI is InChI=1S/C17H22N4O2S/c1-2-11-23-16-6-4-3-5-15(16)14-19-20-17(24)18-7-8-21-9-12-22-13-10-21/h1,3-6,14H,7-13H2,(H2,18,20,24)/b19-14-. The van der Waals surface area contributed by atoms with E-state index in [9.17, 15) is 0 Å². The average Bonchev–Trinajstić information content (AvgIpc) is 2.62. The third-order valence-electron chi connectivity index (χ3n) is 3.42. The highest BCUT2D eigenvalue weighted by Gasteiger charge is 2.09. The van der Waals surface area contributed by atoms with E-state index in [-0.39, 0.29) is 6.61 Å². The van der Waals surface area contributed by atoms with Gasteiger partial charge in [0.25, 0.3) is 0 Å². The Morgan fingerprint density at radius 3 is 3.00 bits per heavy atom. The Balaban J connectivity index is 1.71. The van der Waals surface area contributed by atoms with Crippen LogP contribution >= 0.6 is 12.2 Å². The lowest BCUT2D eigenvalue weighted by atomic mass is 10.2. The van der Waals surface area contributed by atoms with E-state index in [1.165, 1.54) is 0 Å². The van der Waals surface area contributed by atoms with E-state index in [0.717, 1.165) is 45.0 Å². The van der Waals surface area contributed by atoms with Gasteiger partial charge in [-0.15, -0.1) is 6.42 Å². The lowest BCUT2D eigenvalue weighted by molar-refractivity contribution is 0.0389. The summed E-state index contributed by atoms with van der Waals surface area (Å²) >= 11 is 5.20. The van der Waals surface area contributed by atoms with Gasteiger partial charge < -0.3 is 14.8 Å². The minimum absolute atomic E-state index is 0.222. The molecule has 1 saturated heterocycles. The molecule has 1 heterocycles. The predicted molar refractivity (Wildman–Crippen MR) is 99.4 cm³/mol. The van der Waals surface area contributed by atoms with Gasteiger partial charge in [0, 0.05) is 31.7 Å². The molecule has 7 heteroatoms. The summed E-state index contributed by atoms with van der Waals surface area (Å²) in [4.78, 5) is 2.33. The topological polar surface area (TPSA) is 58.1 Å². The molecule has 1 aromatic carbocycles. The second-order valence-corrected chi connectivity index (χ2v) is 5.52. The maximum Gasteiger partial charge on any atom is 0.187 e. The first kappa shape index (κ1) is 18.2. The molecule has 0 saturated carbocycles. The summed E-state index contributed by atoms with van der Waals surface area (Å²) in [7, 11) is 0. The van der Waals surface area contributed by atoms with Crippen molar-refractivity contribution in [2.75, 3.05) is 46.0 Å². The van der Waals surface area contributed by atoms with E-state index in [4.69, 9.17) is 28.1 Å². The maximum atomic E-state index is 5.46. The zero-order chi connectivity index (χ0) is 17.0. The fourth-order valence-corrected chi connectivity index (χ4v) is 2.35. The van der Waals surface area contributed by atoms with Crippen LogP contribution in [-0.2, 0) is 4.74 Å². The highest BCUT2D eigenvalue weighted by atomic mass is 32.1. The number of para-hydroxylation sites is 1. The Kier molecular flexibility index (Phi) is 8.04. The van der Waals surface area contributed by atoms with Gasteiger partial charge in [0.2, 0.25) is 0 Å². The van der Waals surface area contributed by atoms with Crippen LogP contribution in [0.3, 0.4) is 0 Å². The molecule has 1 aromatic rings. The molecule has 0 amide bonds. The largest absolute Gasteiger partial charge is 0.480 e. The second kappa shape index (κ2) is 10.6. The van der Waals surface area contributed by atoms with Gasteiger partial charge >= 0.3 is 0 Å². The van der Waals surface area contributed by atoms with Gasteiger partial charge in [0.15, 0.2) is 5.11 Å². The SMILES string of the molecule is C#CCOc1ccccc1/C=N\NC(=S)NCCN1CCOCC1. The van der Waals surface area contributed by atoms with Crippen molar-refractivity contribution in [3.05, 3.63) is 29.8 Å². The third-order valence-corrected chi connectivity index (χ3v) is 3.65. The van der Waals surface area contributed by atoms with Gasteiger partial charge in [-0.2, -0.15) is 5.10 Å². The normalized spacial score (nSPS) is 15.0. The molecular weight excluding hydrogens is 324 g/mol. The number of hydrogen-bond acceptors (Lipinski definition) is 5. The minimum Gasteiger partial charge on any atom is -0.480 e. The fraction of sp³-hybridized carbons (Fsp3) is 0.412. The number of hydrogen-bond donors (Lipinski definition) is 2. The lowest BCUT2D eigenvalue weighted by Gasteiger charge is -2.26. The van der Waals surface area contributed by atoms with Crippen molar-refractivity contribution in [1.29, 1.82) is 0 Å². The third kappa shape index (κ3) is 6.54. The summed E-state index contributed by atoms with van der Waals surface area (Å²) < 4.78 is 10.8. The molecule has 0 unspecified atom stereocenters. The smallest absolute Gasteiger partial charge is 0.187 e. The molecular formula is C17H22N4O2S. The van der Waals surface area contributed by atoms with E-state index in [1.54, 1.807) is 6.21 Å². The molecule has 0 atom stereocenters. The number of ether oxygens (including phenoxy) is 2. The number of hydrazone groups is 1. The van der Waals surface area contributed by atoms with Gasteiger partial charge in [-0.25, -0.2) is 0 Å². The molecule has 2 rings (SSSR count). The molecule has 0 bridgehead atoms. The Bertz CT molecular complexity index is 594. The fourth-order valence-electron chi connectivity index (χ4n) is 2.19. The van der Waals surface area contributed by atoms with E-state index in [0.29, 0.717) is 10.9 Å². The molecule has 24 heavy (non-hydrogen) atoms. The van der Waals surface area contributed by atoms with Crippen molar-refractivity contribution in [2.24, 2.45) is 5.10 Å². The lowest BCUT2D eigenvalue weighted by Crippen LogP contribution is -2.42. The quantitative estimate of drug-likeness (QED) is 0.330. The molecule has 1 aliphatic heterocycles. The molecule has 0 spiro atoms. The average molecular weight is 346 g/mol. The van der Waals surface area contributed by atoms with Crippen molar-refractivity contribution >= 4 is 23.5 Å². The van der Waals surface area contributed by atoms with Crippen LogP contribution in [0.25, 0.3) is 0 Å². The van der Waals surface area contributed by atoms with Gasteiger partial charge in [-0.1, -0.05) is 18.1 Å². The first-order valence-electron chi connectivity index (χ1n) is 7.82. The summed E-state index contributed by atoms with van der Waals surface area (Å²) in [5.41, 5.74) is 3.63. The number of thiocarbonyl (C=S) groups is 1. The number of benzene rings is 1. The predicted octanol–water partition coefficient (Wildman–Crippen LogP) is 0.829. The highest BCUT2D eigenvalue weighted by molar-refractivity contribution is 7.80.